The Hall–Kier alpha value is -1.87. The second-order valence-corrected chi connectivity index (χ2v) is 12.8. The van der Waals surface area contributed by atoms with Gasteiger partial charge in [-0.2, -0.15) is 8.42 Å². The van der Waals surface area contributed by atoms with Gasteiger partial charge in [-0.05, 0) is 36.6 Å². The zero-order valence-electron chi connectivity index (χ0n) is 20.0. The van der Waals surface area contributed by atoms with Crippen LogP contribution in [0.1, 0.15) is 46.9 Å². The summed E-state index contributed by atoms with van der Waals surface area (Å²) in [5, 5.41) is 30.5. The maximum atomic E-state index is 11.4. The van der Waals surface area contributed by atoms with E-state index in [1.54, 1.807) is 6.07 Å². The molecule has 3 aromatic rings. The van der Waals surface area contributed by atoms with Crippen molar-refractivity contribution in [3.63, 3.8) is 0 Å². The first-order valence-corrected chi connectivity index (χ1v) is 14.9. The molecule has 0 bridgehead atoms. The highest BCUT2D eigenvalue weighted by atomic mass is 35.5. The van der Waals surface area contributed by atoms with Crippen molar-refractivity contribution in [1.82, 2.24) is 9.97 Å². The van der Waals surface area contributed by atoms with Gasteiger partial charge in [0.25, 0.3) is 0 Å². The number of thiophene rings is 1. The minimum Gasteiger partial charge on any atom is -0.393 e. The SMILES string of the molecule is NS(=O)(=O)OC[C@H]1C[C@@H](Nc2ncncc2C(O)c2cc(C3(c4cccc(Cl)c4)CCO3)c(Cl)s2)C[C@@H]1O. The molecule has 2 unspecified atom stereocenters. The van der Waals surface area contributed by atoms with Crippen molar-refractivity contribution < 1.29 is 27.6 Å². The molecule has 2 aliphatic rings. The third-order valence-corrected chi connectivity index (χ3v) is 9.09. The predicted molar refractivity (Wildman–Crippen MR) is 143 cm³/mol. The van der Waals surface area contributed by atoms with E-state index in [0.29, 0.717) is 45.1 Å². The van der Waals surface area contributed by atoms with E-state index in [1.807, 2.05) is 24.3 Å². The second-order valence-electron chi connectivity index (χ2n) is 9.42. The first-order chi connectivity index (χ1) is 18.1. The summed E-state index contributed by atoms with van der Waals surface area (Å²) < 4.78 is 33.5. The number of aliphatic hydroxyl groups is 2. The molecule has 0 amide bonds. The summed E-state index contributed by atoms with van der Waals surface area (Å²) in [6.07, 6.45) is 2.49. The molecule has 0 radical (unpaired) electrons. The fraction of sp³-hybridized carbons (Fsp3) is 0.417. The van der Waals surface area contributed by atoms with E-state index in [0.717, 1.165) is 17.5 Å². The molecular formula is C24H26Cl2N4O6S2. The van der Waals surface area contributed by atoms with Gasteiger partial charge in [0.05, 0.1) is 23.7 Å². The van der Waals surface area contributed by atoms with Crippen molar-refractivity contribution >= 4 is 50.7 Å². The molecule has 1 aliphatic heterocycles. The van der Waals surface area contributed by atoms with E-state index in [4.69, 9.17) is 33.1 Å². The number of ether oxygens (including phenoxy) is 1. The highest BCUT2D eigenvalue weighted by Crippen LogP contribution is 2.50. The lowest BCUT2D eigenvalue weighted by Crippen LogP contribution is -2.41. The monoisotopic (exact) mass is 600 g/mol. The molecule has 5 N–H and O–H groups in total. The van der Waals surface area contributed by atoms with Gasteiger partial charge in [0.1, 0.15) is 23.9 Å². The van der Waals surface area contributed by atoms with Crippen molar-refractivity contribution in [2.75, 3.05) is 18.5 Å². The molecule has 204 valence electrons. The molecule has 1 aromatic carbocycles. The number of anilines is 1. The number of hydrogen-bond donors (Lipinski definition) is 4. The standard InChI is InChI=1S/C24H26Cl2N4O6S2/c25-15-3-1-2-14(7-15)24(4-5-35-24)18-9-20(37-22(18)26)21(32)17-10-28-12-29-23(17)30-16-6-13(19(31)8-16)11-36-38(27,33)34/h1-3,7,9-10,12-13,16,19,21,31-32H,4-6,8,11H2,(H2,27,33,34)(H,28,29,30)/t13-,16-,19+,21?,24?/m1/s1. The average molecular weight is 602 g/mol. The number of halogens is 2. The van der Waals surface area contributed by atoms with Crippen LogP contribution in [0.2, 0.25) is 9.36 Å². The number of nitrogens with one attached hydrogen (secondary N) is 1. The van der Waals surface area contributed by atoms with Crippen molar-refractivity contribution in [2.45, 2.75) is 43.1 Å². The van der Waals surface area contributed by atoms with Gasteiger partial charge in [0, 0.05) is 45.6 Å². The highest BCUT2D eigenvalue weighted by Gasteiger charge is 2.45. The normalized spacial score (nSPS) is 26.2. The molecule has 5 atom stereocenters. The smallest absolute Gasteiger partial charge is 0.333 e. The largest absolute Gasteiger partial charge is 0.393 e. The van der Waals surface area contributed by atoms with Gasteiger partial charge >= 0.3 is 10.3 Å². The van der Waals surface area contributed by atoms with Gasteiger partial charge in [0.15, 0.2) is 0 Å². The molecule has 2 fully saturated rings. The van der Waals surface area contributed by atoms with Crippen LogP contribution >= 0.6 is 34.5 Å². The average Bonchev–Trinajstić information content (AvgIpc) is 3.39. The van der Waals surface area contributed by atoms with E-state index in [-0.39, 0.29) is 12.6 Å². The van der Waals surface area contributed by atoms with Gasteiger partial charge < -0.3 is 20.3 Å². The zero-order chi connectivity index (χ0) is 27.1. The topological polar surface area (TPSA) is 157 Å². The Morgan fingerprint density at radius 1 is 1.32 bits per heavy atom. The lowest BCUT2D eigenvalue weighted by molar-refractivity contribution is -0.123. The number of benzene rings is 1. The van der Waals surface area contributed by atoms with E-state index < -0.39 is 34.0 Å². The third-order valence-electron chi connectivity index (χ3n) is 6.98. The van der Waals surface area contributed by atoms with Crippen LogP contribution in [0.25, 0.3) is 0 Å². The quantitative estimate of drug-likeness (QED) is 0.289. The minimum absolute atomic E-state index is 0.218. The Balaban J connectivity index is 1.36. The minimum atomic E-state index is -4.10. The van der Waals surface area contributed by atoms with Crippen LogP contribution in [0, 0.1) is 5.92 Å². The summed E-state index contributed by atoms with van der Waals surface area (Å²) in [7, 11) is -4.10. The van der Waals surface area contributed by atoms with Crippen LogP contribution in [-0.4, -0.2) is 54.0 Å². The van der Waals surface area contributed by atoms with Gasteiger partial charge in [-0.1, -0.05) is 35.3 Å². The Morgan fingerprint density at radius 2 is 2.11 bits per heavy atom. The van der Waals surface area contributed by atoms with Crippen molar-refractivity contribution in [2.24, 2.45) is 11.1 Å². The van der Waals surface area contributed by atoms with Crippen LogP contribution < -0.4 is 10.5 Å². The number of rotatable bonds is 9. The van der Waals surface area contributed by atoms with Crippen LogP contribution in [0.15, 0.2) is 42.9 Å². The molecule has 2 aromatic heterocycles. The number of nitrogens with two attached hydrogens (primary N) is 1. The second kappa shape index (κ2) is 11.0. The summed E-state index contributed by atoms with van der Waals surface area (Å²) in [6.45, 7) is 0.359. The maximum Gasteiger partial charge on any atom is 0.333 e. The Bertz CT molecular complexity index is 1420. The van der Waals surface area contributed by atoms with Gasteiger partial charge in [-0.25, -0.2) is 15.1 Å². The Morgan fingerprint density at radius 3 is 2.79 bits per heavy atom. The lowest BCUT2D eigenvalue weighted by Gasteiger charge is -2.42. The van der Waals surface area contributed by atoms with E-state index in [2.05, 4.69) is 19.5 Å². The van der Waals surface area contributed by atoms with Gasteiger partial charge in [-0.3, -0.25) is 4.18 Å². The van der Waals surface area contributed by atoms with Crippen LogP contribution in [0.4, 0.5) is 5.82 Å². The summed E-state index contributed by atoms with van der Waals surface area (Å²) in [6, 6.07) is 9.06. The molecule has 3 heterocycles. The van der Waals surface area contributed by atoms with Gasteiger partial charge in [-0.15, -0.1) is 11.3 Å². The highest BCUT2D eigenvalue weighted by molar-refractivity contribution is 7.84. The molecule has 10 nitrogen and oxygen atoms in total. The summed E-state index contributed by atoms with van der Waals surface area (Å²) >= 11 is 14.2. The van der Waals surface area contributed by atoms with E-state index in [1.165, 1.54) is 23.9 Å². The van der Waals surface area contributed by atoms with E-state index >= 15 is 0 Å². The molecule has 1 aliphatic carbocycles. The number of aliphatic hydroxyl groups excluding tert-OH is 2. The lowest BCUT2D eigenvalue weighted by atomic mass is 9.81. The van der Waals surface area contributed by atoms with E-state index in [9.17, 15) is 18.6 Å². The van der Waals surface area contributed by atoms with Crippen LogP contribution in [0.3, 0.4) is 0 Å². The van der Waals surface area contributed by atoms with Gasteiger partial charge in [0.2, 0.25) is 0 Å². The van der Waals surface area contributed by atoms with Crippen LogP contribution in [0.5, 0.6) is 0 Å². The number of aromatic nitrogens is 2. The first kappa shape index (κ1) is 27.7. The Labute approximate surface area is 234 Å². The third kappa shape index (κ3) is 5.69. The molecule has 0 spiro atoms. The molecule has 1 saturated carbocycles. The van der Waals surface area contributed by atoms with Crippen molar-refractivity contribution in [3.05, 3.63) is 73.8 Å². The predicted octanol–water partition coefficient (Wildman–Crippen LogP) is 3.36. The Kier molecular flexibility index (Phi) is 7.98. The molecule has 14 heteroatoms. The number of nitrogens with zero attached hydrogens (tertiary/aromatic N) is 2. The first-order valence-electron chi connectivity index (χ1n) is 11.8. The molecule has 1 saturated heterocycles. The summed E-state index contributed by atoms with van der Waals surface area (Å²) in [4.78, 5) is 8.98. The fourth-order valence-electron chi connectivity index (χ4n) is 5.03. The zero-order valence-corrected chi connectivity index (χ0v) is 23.1. The molecule has 5 rings (SSSR count). The molecular weight excluding hydrogens is 575 g/mol. The fourth-order valence-corrected chi connectivity index (χ4v) is 7.01. The van der Waals surface area contributed by atoms with Crippen molar-refractivity contribution in [3.8, 4) is 0 Å². The summed E-state index contributed by atoms with van der Waals surface area (Å²) in [5.41, 5.74) is 1.35. The van der Waals surface area contributed by atoms with Crippen molar-refractivity contribution in [1.29, 1.82) is 0 Å². The van der Waals surface area contributed by atoms with Crippen LogP contribution in [-0.2, 0) is 24.8 Å². The summed E-state index contributed by atoms with van der Waals surface area (Å²) in [5.74, 6) is -0.0295. The molecule has 38 heavy (non-hydrogen) atoms. The number of hydrogen-bond acceptors (Lipinski definition) is 10. The maximum absolute atomic E-state index is 11.4.